The Balaban J connectivity index is 1.94. The molecule has 2 saturated heterocycles. The van der Waals surface area contributed by atoms with Crippen LogP contribution < -0.4 is 0 Å². The summed E-state index contributed by atoms with van der Waals surface area (Å²) in [6, 6.07) is 0.526. The van der Waals surface area contributed by atoms with Gasteiger partial charge in [-0.2, -0.15) is 0 Å². The molecule has 0 aromatic carbocycles. The summed E-state index contributed by atoms with van der Waals surface area (Å²) >= 11 is 0. The molecular formula is C16H22N2O2. The number of likely N-dealkylation sites (tertiary alicyclic amines) is 1. The summed E-state index contributed by atoms with van der Waals surface area (Å²) in [5, 5.41) is 0. The van der Waals surface area contributed by atoms with Crippen LogP contribution in [0.4, 0.5) is 0 Å². The Morgan fingerprint density at radius 2 is 2.10 bits per heavy atom. The maximum Gasteiger partial charge on any atom is 0.226 e. The van der Waals surface area contributed by atoms with Gasteiger partial charge in [0.25, 0.3) is 0 Å². The van der Waals surface area contributed by atoms with Gasteiger partial charge < -0.3 is 9.53 Å². The van der Waals surface area contributed by atoms with Gasteiger partial charge in [-0.15, -0.1) is 0 Å². The van der Waals surface area contributed by atoms with Crippen molar-refractivity contribution in [3.05, 3.63) is 23.2 Å². The molecule has 4 nitrogen and oxygen atoms in total. The van der Waals surface area contributed by atoms with E-state index in [9.17, 15) is 4.79 Å². The minimum Gasteiger partial charge on any atom is -0.378 e. The number of hydrogen-bond acceptors (Lipinski definition) is 3. The summed E-state index contributed by atoms with van der Waals surface area (Å²) in [5.74, 6) is 0.348. The van der Waals surface area contributed by atoms with E-state index in [-0.39, 0.29) is 11.2 Å². The van der Waals surface area contributed by atoms with Crippen molar-refractivity contribution in [2.24, 2.45) is 16.7 Å². The molecule has 108 valence electrons. The zero-order valence-electron chi connectivity index (χ0n) is 12.5. The summed E-state index contributed by atoms with van der Waals surface area (Å²) in [6.07, 6.45) is 2.97. The van der Waals surface area contributed by atoms with Crippen LogP contribution in [0.3, 0.4) is 0 Å². The summed E-state index contributed by atoms with van der Waals surface area (Å²) in [7, 11) is 0. The predicted molar refractivity (Wildman–Crippen MR) is 75.9 cm³/mol. The summed E-state index contributed by atoms with van der Waals surface area (Å²) in [4.78, 5) is 18.4. The molecule has 0 unspecified atom stereocenters. The largest absolute Gasteiger partial charge is 0.378 e. The number of fused-ring (bicyclic) bond motifs is 1. The Labute approximate surface area is 120 Å². The number of allylic oxidation sites excluding steroid dienone is 1. The number of ether oxygens (including phenoxy) is 1. The van der Waals surface area contributed by atoms with Crippen molar-refractivity contribution >= 4 is 5.78 Å². The van der Waals surface area contributed by atoms with E-state index < -0.39 is 5.41 Å². The first-order chi connectivity index (χ1) is 9.38. The number of hydrogen-bond donors (Lipinski definition) is 0. The van der Waals surface area contributed by atoms with Gasteiger partial charge in [0.05, 0.1) is 25.8 Å². The molecule has 2 fully saturated rings. The molecule has 0 aromatic heterocycles. The van der Waals surface area contributed by atoms with Crippen molar-refractivity contribution in [2.45, 2.75) is 33.2 Å². The molecule has 0 N–H and O–H groups in total. The minimum absolute atomic E-state index is 0.0235. The van der Waals surface area contributed by atoms with E-state index in [1.165, 1.54) is 0 Å². The van der Waals surface area contributed by atoms with E-state index in [1.807, 2.05) is 19.9 Å². The Morgan fingerprint density at radius 3 is 2.65 bits per heavy atom. The molecule has 4 heteroatoms. The minimum atomic E-state index is -0.425. The molecule has 2 aliphatic heterocycles. The smallest absolute Gasteiger partial charge is 0.226 e. The van der Waals surface area contributed by atoms with Crippen molar-refractivity contribution in [1.82, 2.24) is 4.90 Å². The van der Waals surface area contributed by atoms with Gasteiger partial charge in [0.15, 0.2) is 5.78 Å². The highest BCUT2D eigenvalue weighted by Crippen LogP contribution is 2.52. The number of rotatable bonds is 1. The van der Waals surface area contributed by atoms with Gasteiger partial charge >= 0.3 is 0 Å². The molecule has 0 radical (unpaired) electrons. The molecule has 0 saturated carbocycles. The van der Waals surface area contributed by atoms with E-state index in [2.05, 4.69) is 16.7 Å². The van der Waals surface area contributed by atoms with Crippen LogP contribution in [-0.2, 0) is 9.53 Å². The molecule has 3 rings (SSSR count). The zero-order valence-corrected chi connectivity index (χ0v) is 12.5. The first kappa shape index (κ1) is 13.8. The molecule has 0 bridgehead atoms. The second-order valence-electron chi connectivity index (χ2n) is 7.20. The van der Waals surface area contributed by atoms with Crippen LogP contribution in [0, 0.1) is 23.3 Å². The third-order valence-corrected chi connectivity index (χ3v) is 5.46. The first-order valence-corrected chi connectivity index (χ1v) is 7.35. The Morgan fingerprint density at radius 1 is 1.40 bits per heavy atom. The van der Waals surface area contributed by atoms with E-state index in [0.717, 1.165) is 32.7 Å². The number of Topliss-reactive ketones (excluding diaryl/α,β-unsaturated/α-hetero) is 1. The van der Waals surface area contributed by atoms with Gasteiger partial charge in [0.1, 0.15) is 0 Å². The highest BCUT2D eigenvalue weighted by molar-refractivity contribution is 6.02. The van der Waals surface area contributed by atoms with E-state index >= 15 is 0 Å². The SMILES string of the molecule is [C-]#[N+]C1=C[C@@]2(C)CN(C3COC3)CC[C@@H]2C(C)(C)C1=O. The van der Waals surface area contributed by atoms with Gasteiger partial charge in [0, 0.05) is 12.0 Å². The second-order valence-corrected chi connectivity index (χ2v) is 7.20. The maximum atomic E-state index is 12.4. The highest BCUT2D eigenvalue weighted by atomic mass is 16.5. The summed E-state index contributed by atoms with van der Waals surface area (Å²) < 4.78 is 5.30. The molecule has 0 aromatic rings. The predicted octanol–water partition coefficient (Wildman–Crippen LogP) is 2.13. The number of ketones is 1. The van der Waals surface area contributed by atoms with Crippen molar-refractivity contribution in [3.63, 3.8) is 0 Å². The Hall–Kier alpha value is -1.18. The van der Waals surface area contributed by atoms with Crippen molar-refractivity contribution in [1.29, 1.82) is 0 Å². The standard InChI is InChI=1S/C16H22N2O2/c1-15(2)13-5-6-18(11-8-20-9-11)10-16(13,3)7-12(17-4)14(15)19/h7,11,13H,5-6,8-10H2,1-3H3/t13-,16+/m1/s1. The third kappa shape index (κ3) is 1.84. The molecule has 2 atom stereocenters. The zero-order chi connectivity index (χ0) is 14.5. The van der Waals surface area contributed by atoms with Gasteiger partial charge in [-0.25, -0.2) is 4.85 Å². The lowest BCUT2D eigenvalue weighted by Gasteiger charge is -2.55. The lowest BCUT2D eigenvalue weighted by Crippen LogP contribution is -2.60. The number of piperidine rings is 1. The molecule has 3 aliphatic rings. The molecule has 2 heterocycles. The molecule has 0 spiro atoms. The van der Waals surface area contributed by atoms with Crippen molar-refractivity contribution in [3.8, 4) is 0 Å². The van der Waals surface area contributed by atoms with Crippen LogP contribution >= 0.6 is 0 Å². The van der Waals surface area contributed by atoms with E-state index in [0.29, 0.717) is 17.7 Å². The fourth-order valence-corrected chi connectivity index (χ4v) is 4.28. The van der Waals surface area contributed by atoms with Crippen LogP contribution in [0.5, 0.6) is 0 Å². The van der Waals surface area contributed by atoms with Gasteiger partial charge in [-0.3, -0.25) is 4.90 Å². The highest BCUT2D eigenvalue weighted by Gasteiger charge is 2.53. The Kier molecular flexibility index (Phi) is 3.04. The summed E-state index contributed by atoms with van der Waals surface area (Å²) in [6.45, 7) is 17.1. The molecule has 0 amide bonds. The van der Waals surface area contributed by atoms with Gasteiger partial charge in [-0.05, 0) is 24.3 Å². The fraction of sp³-hybridized carbons (Fsp3) is 0.750. The van der Waals surface area contributed by atoms with Gasteiger partial charge in [0.2, 0.25) is 5.70 Å². The number of carbonyl (C=O) groups is 1. The Bertz CT molecular complexity index is 513. The van der Waals surface area contributed by atoms with Gasteiger partial charge in [-0.1, -0.05) is 26.8 Å². The van der Waals surface area contributed by atoms with Crippen LogP contribution in [0.1, 0.15) is 27.2 Å². The lowest BCUT2D eigenvalue weighted by molar-refractivity contribution is -0.137. The molecule has 1 aliphatic carbocycles. The first-order valence-electron chi connectivity index (χ1n) is 7.35. The number of carbonyl (C=O) groups excluding carboxylic acids is 1. The molecular weight excluding hydrogens is 252 g/mol. The monoisotopic (exact) mass is 274 g/mol. The lowest BCUT2D eigenvalue weighted by atomic mass is 9.55. The summed E-state index contributed by atoms with van der Waals surface area (Å²) in [5.41, 5.74) is -0.169. The van der Waals surface area contributed by atoms with Crippen molar-refractivity contribution in [2.75, 3.05) is 26.3 Å². The molecule has 20 heavy (non-hydrogen) atoms. The fourth-order valence-electron chi connectivity index (χ4n) is 4.28. The van der Waals surface area contributed by atoms with E-state index in [1.54, 1.807) is 0 Å². The van der Waals surface area contributed by atoms with Crippen LogP contribution in [-0.4, -0.2) is 43.0 Å². The average molecular weight is 274 g/mol. The van der Waals surface area contributed by atoms with Crippen LogP contribution in [0.15, 0.2) is 11.8 Å². The quantitative estimate of drug-likeness (QED) is 0.687. The van der Waals surface area contributed by atoms with E-state index in [4.69, 9.17) is 11.3 Å². The maximum absolute atomic E-state index is 12.4. The number of nitrogens with zero attached hydrogens (tertiary/aromatic N) is 2. The van der Waals surface area contributed by atoms with Crippen LogP contribution in [0.25, 0.3) is 4.85 Å². The van der Waals surface area contributed by atoms with Crippen molar-refractivity contribution < 1.29 is 9.53 Å². The third-order valence-electron chi connectivity index (χ3n) is 5.46. The normalized spacial score (nSPS) is 37.6. The average Bonchev–Trinajstić information content (AvgIpc) is 2.31. The second kappa shape index (κ2) is 4.41. The topological polar surface area (TPSA) is 33.9 Å². The van der Waals surface area contributed by atoms with Crippen LogP contribution in [0.2, 0.25) is 0 Å².